The molecule has 0 aliphatic rings. The Morgan fingerprint density at radius 2 is 1.78 bits per heavy atom. The molecule has 2 aromatic carbocycles. The van der Waals surface area contributed by atoms with Crippen LogP contribution in [0.15, 0.2) is 51.4 Å². The van der Waals surface area contributed by atoms with Gasteiger partial charge in [0.05, 0.1) is 10.6 Å². The predicted octanol–water partition coefficient (Wildman–Crippen LogP) is 4.63. The summed E-state index contributed by atoms with van der Waals surface area (Å²) in [5.41, 5.74) is 1.71. The van der Waals surface area contributed by atoms with Crippen molar-refractivity contribution in [1.29, 1.82) is 0 Å². The number of hydrogen-bond acceptors (Lipinski definition) is 1. The van der Waals surface area contributed by atoms with Gasteiger partial charge in [-0.25, -0.2) is 4.39 Å². The zero-order valence-electron chi connectivity index (χ0n) is 9.41. The molecule has 94 valence electrons. The van der Waals surface area contributed by atoms with Gasteiger partial charge in [-0.3, -0.25) is 0 Å². The van der Waals surface area contributed by atoms with Crippen LogP contribution in [0, 0.1) is 5.82 Å². The van der Waals surface area contributed by atoms with Gasteiger partial charge in [0.1, 0.15) is 5.82 Å². The van der Waals surface area contributed by atoms with E-state index in [0.717, 1.165) is 15.6 Å². The van der Waals surface area contributed by atoms with Crippen molar-refractivity contribution in [1.82, 2.24) is 0 Å². The minimum atomic E-state index is -0.613. The van der Waals surface area contributed by atoms with E-state index < -0.39 is 6.10 Å². The summed E-state index contributed by atoms with van der Waals surface area (Å²) in [5, 5.41) is 10.2. The molecule has 2 rings (SSSR count). The molecule has 1 N–H and O–H groups in total. The van der Waals surface area contributed by atoms with E-state index in [1.807, 2.05) is 24.3 Å². The lowest BCUT2D eigenvalue weighted by Crippen LogP contribution is -2.02. The average molecular weight is 374 g/mol. The first-order valence-electron chi connectivity index (χ1n) is 5.44. The fourth-order valence-electron chi connectivity index (χ4n) is 1.75. The van der Waals surface area contributed by atoms with Crippen LogP contribution in [0.25, 0.3) is 0 Å². The Balaban J connectivity index is 2.19. The maximum absolute atomic E-state index is 13.1. The van der Waals surface area contributed by atoms with Crippen LogP contribution in [0.5, 0.6) is 0 Å². The summed E-state index contributed by atoms with van der Waals surface area (Å²) in [5.74, 6) is -0.297. The standard InChI is InChI=1S/C14H11Br2FO/c15-11-4-2-1-3-10(11)14(18)8-9-5-6-13(17)12(16)7-9/h1-7,14,18H,8H2. The van der Waals surface area contributed by atoms with Crippen LogP contribution in [0.3, 0.4) is 0 Å². The summed E-state index contributed by atoms with van der Waals surface area (Å²) >= 11 is 6.55. The Morgan fingerprint density at radius 3 is 2.44 bits per heavy atom. The molecular formula is C14H11Br2FO. The van der Waals surface area contributed by atoms with E-state index in [0.29, 0.717) is 10.9 Å². The number of benzene rings is 2. The Kier molecular flexibility index (Phi) is 4.54. The van der Waals surface area contributed by atoms with Crippen molar-refractivity contribution in [3.63, 3.8) is 0 Å². The highest BCUT2D eigenvalue weighted by atomic mass is 79.9. The quantitative estimate of drug-likeness (QED) is 0.831. The van der Waals surface area contributed by atoms with Crippen molar-refractivity contribution in [2.24, 2.45) is 0 Å². The van der Waals surface area contributed by atoms with Gasteiger partial charge in [-0.1, -0.05) is 40.2 Å². The number of hydrogen-bond donors (Lipinski definition) is 1. The summed E-state index contributed by atoms with van der Waals surface area (Å²) in [4.78, 5) is 0. The Bertz CT molecular complexity index is 557. The summed E-state index contributed by atoms with van der Waals surface area (Å²) in [7, 11) is 0. The molecule has 0 spiro atoms. The molecule has 0 saturated carbocycles. The molecule has 4 heteroatoms. The van der Waals surface area contributed by atoms with Crippen molar-refractivity contribution in [3.05, 3.63) is 68.4 Å². The highest BCUT2D eigenvalue weighted by Gasteiger charge is 2.12. The zero-order valence-corrected chi connectivity index (χ0v) is 12.6. The molecule has 2 aromatic rings. The van der Waals surface area contributed by atoms with Gasteiger partial charge in [-0.05, 0) is 45.3 Å². The predicted molar refractivity (Wildman–Crippen MR) is 76.9 cm³/mol. The number of halogens is 3. The minimum Gasteiger partial charge on any atom is -0.388 e. The monoisotopic (exact) mass is 372 g/mol. The molecule has 1 unspecified atom stereocenters. The highest BCUT2D eigenvalue weighted by Crippen LogP contribution is 2.27. The largest absolute Gasteiger partial charge is 0.388 e. The second kappa shape index (κ2) is 5.95. The Morgan fingerprint density at radius 1 is 1.06 bits per heavy atom. The molecule has 0 aliphatic heterocycles. The van der Waals surface area contributed by atoms with E-state index in [2.05, 4.69) is 31.9 Å². The number of rotatable bonds is 3. The lowest BCUT2D eigenvalue weighted by molar-refractivity contribution is 0.177. The van der Waals surface area contributed by atoms with Gasteiger partial charge in [-0.15, -0.1) is 0 Å². The van der Waals surface area contributed by atoms with E-state index in [9.17, 15) is 9.50 Å². The van der Waals surface area contributed by atoms with Crippen molar-refractivity contribution in [2.75, 3.05) is 0 Å². The lowest BCUT2D eigenvalue weighted by atomic mass is 10.0. The van der Waals surface area contributed by atoms with Crippen molar-refractivity contribution >= 4 is 31.9 Å². The molecule has 0 saturated heterocycles. The van der Waals surface area contributed by atoms with Gasteiger partial charge in [0.2, 0.25) is 0 Å². The van der Waals surface area contributed by atoms with Crippen LogP contribution in [-0.2, 0) is 6.42 Å². The summed E-state index contributed by atoms with van der Waals surface area (Å²) in [6, 6.07) is 12.3. The molecule has 0 heterocycles. The molecule has 0 amide bonds. The second-order valence-corrected chi connectivity index (χ2v) is 5.70. The van der Waals surface area contributed by atoms with Crippen LogP contribution in [0.1, 0.15) is 17.2 Å². The topological polar surface area (TPSA) is 20.2 Å². The van der Waals surface area contributed by atoms with Crippen LogP contribution >= 0.6 is 31.9 Å². The lowest BCUT2D eigenvalue weighted by Gasteiger charge is -2.13. The van der Waals surface area contributed by atoms with Gasteiger partial charge >= 0.3 is 0 Å². The summed E-state index contributed by atoms with van der Waals surface area (Å²) in [6.45, 7) is 0. The zero-order chi connectivity index (χ0) is 13.1. The van der Waals surface area contributed by atoms with Gasteiger partial charge in [0.15, 0.2) is 0 Å². The molecule has 0 aliphatic carbocycles. The first-order chi connectivity index (χ1) is 8.58. The van der Waals surface area contributed by atoms with Crippen LogP contribution < -0.4 is 0 Å². The van der Waals surface area contributed by atoms with Crippen molar-refractivity contribution in [3.8, 4) is 0 Å². The molecule has 1 atom stereocenters. The molecule has 0 aromatic heterocycles. The number of aliphatic hydroxyl groups excluding tert-OH is 1. The van der Waals surface area contributed by atoms with Gasteiger partial charge in [0, 0.05) is 10.9 Å². The van der Waals surface area contributed by atoms with Crippen LogP contribution in [-0.4, -0.2) is 5.11 Å². The van der Waals surface area contributed by atoms with E-state index in [4.69, 9.17) is 0 Å². The molecule has 1 nitrogen and oxygen atoms in total. The Hall–Kier alpha value is -0.710. The number of aliphatic hydroxyl groups is 1. The van der Waals surface area contributed by atoms with E-state index in [-0.39, 0.29) is 5.82 Å². The molecule has 0 radical (unpaired) electrons. The van der Waals surface area contributed by atoms with Gasteiger partial charge in [-0.2, -0.15) is 0 Å². The maximum atomic E-state index is 13.1. The van der Waals surface area contributed by atoms with Crippen LogP contribution in [0.4, 0.5) is 4.39 Å². The minimum absolute atomic E-state index is 0.297. The van der Waals surface area contributed by atoms with E-state index in [1.165, 1.54) is 6.07 Å². The SMILES string of the molecule is OC(Cc1ccc(F)c(Br)c1)c1ccccc1Br. The van der Waals surface area contributed by atoms with Gasteiger partial charge in [0.25, 0.3) is 0 Å². The van der Waals surface area contributed by atoms with E-state index in [1.54, 1.807) is 12.1 Å². The van der Waals surface area contributed by atoms with Crippen LogP contribution in [0.2, 0.25) is 0 Å². The first kappa shape index (κ1) is 13.7. The maximum Gasteiger partial charge on any atom is 0.137 e. The third kappa shape index (κ3) is 3.19. The molecular weight excluding hydrogens is 363 g/mol. The first-order valence-corrected chi connectivity index (χ1v) is 7.03. The smallest absolute Gasteiger partial charge is 0.137 e. The third-order valence-electron chi connectivity index (χ3n) is 2.68. The van der Waals surface area contributed by atoms with Crippen molar-refractivity contribution < 1.29 is 9.50 Å². The molecule has 18 heavy (non-hydrogen) atoms. The van der Waals surface area contributed by atoms with Crippen molar-refractivity contribution in [2.45, 2.75) is 12.5 Å². The van der Waals surface area contributed by atoms with E-state index >= 15 is 0 Å². The van der Waals surface area contributed by atoms with Gasteiger partial charge < -0.3 is 5.11 Å². The Labute approximate surface area is 122 Å². The molecule has 0 fully saturated rings. The normalized spacial score (nSPS) is 12.4. The summed E-state index contributed by atoms with van der Waals surface area (Å²) in [6.07, 6.45) is -0.167. The fourth-order valence-corrected chi connectivity index (χ4v) is 2.72. The summed E-state index contributed by atoms with van der Waals surface area (Å²) < 4.78 is 14.4. The fraction of sp³-hybridized carbons (Fsp3) is 0.143. The molecule has 0 bridgehead atoms. The average Bonchev–Trinajstić information content (AvgIpc) is 2.34. The third-order valence-corrected chi connectivity index (χ3v) is 4.01. The second-order valence-electron chi connectivity index (χ2n) is 3.99. The highest BCUT2D eigenvalue weighted by molar-refractivity contribution is 9.10.